The Kier molecular flexibility index (Phi) is 7.74. The Labute approximate surface area is 145 Å². The summed E-state index contributed by atoms with van der Waals surface area (Å²) in [6, 6.07) is 0. The number of guanidine groups is 1. The molecule has 0 aromatic rings. The van der Waals surface area contributed by atoms with Crippen molar-refractivity contribution in [3.05, 3.63) is 0 Å². The molecule has 0 bridgehead atoms. The van der Waals surface area contributed by atoms with Crippen LogP contribution in [-0.2, 0) is 4.79 Å². The molecule has 0 aromatic carbocycles. The molecule has 2 rings (SSSR count). The SMILES string of the molecule is CN=C(N)NC(C=O)(CSC1CCCCC1)CC1CCCCC1. The second kappa shape index (κ2) is 9.55. The minimum absolute atomic E-state index is 0.386. The Morgan fingerprint density at radius 1 is 1.17 bits per heavy atom. The van der Waals surface area contributed by atoms with Gasteiger partial charge in [0.1, 0.15) is 11.8 Å². The third-order valence-corrected chi connectivity index (χ3v) is 6.97. The lowest BCUT2D eigenvalue weighted by Crippen LogP contribution is -2.55. The van der Waals surface area contributed by atoms with Crippen molar-refractivity contribution in [1.29, 1.82) is 0 Å². The number of thioether (sulfide) groups is 1. The molecule has 4 nitrogen and oxygen atoms in total. The Bertz CT molecular complexity index is 390. The zero-order valence-electron chi connectivity index (χ0n) is 14.6. The number of carbonyl (C=O) groups excluding carboxylic acids is 1. The van der Waals surface area contributed by atoms with Crippen LogP contribution in [0.3, 0.4) is 0 Å². The lowest BCUT2D eigenvalue weighted by molar-refractivity contribution is -0.112. The van der Waals surface area contributed by atoms with E-state index in [9.17, 15) is 4.79 Å². The number of nitrogens with two attached hydrogens (primary N) is 1. The van der Waals surface area contributed by atoms with Crippen molar-refractivity contribution < 1.29 is 4.79 Å². The molecule has 0 aromatic heterocycles. The van der Waals surface area contributed by atoms with E-state index in [1.165, 1.54) is 64.2 Å². The summed E-state index contributed by atoms with van der Waals surface area (Å²) in [5.74, 6) is 1.84. The van der Waals surface area contributed by atoms with Crippen LogP contribution in [0.5, 0.6) is 0 Å². The first-order chi connectivity index (χ1) is 11.2. The highest BCUT2D eigenvalue weighted by atomic mass is 32.2. The van der Waals surface area contributed by atoms with E-state index in [0.29, 0.717) is 17.1 Å². The van der Waals surface area contributed by atoms with Gasteiger partial charge in [0.25, 0.3) is 0 Å². The van der Waals surface area contributed by atoms with Crippen molar-refractivity contribution in [3.8, 4) is 0 Å². The van der Waals surface area contributed by atoms with E-state index in [-0.39, 0.29) is 0 Å². The van der Waals surface area contributed by atoms with Crippen LogP contribution in [0.1, 0.15) is 70.6 Å². The number of hydrogen-bond donors (Lipinski definition) is 2. The third kappa shape index (κ3) is 6.02. The molecule has 0 saturated heterocycles. The average molecular weight is 340 g/mol. The fourth-order valence-electron chi connectivity index (χ4n) is 3.97. The van der Waals surface area contributed by atoms with Gasteiger partial charge in [-0.1, -0.05) is 51.4 Å². The predicted molar refractivity (Wildman–Crippen MR) is 100 cm³/mol. The number of nitrogens with zero attached hydrogens (tertiary/aromatic N) is 1. The van der Waals surface area contributed by atoms with E-state index in [4.69, 9.17) is 5.73 Å². The highest BCUT2D eigenvalue weighted by Crippen LogP contribution is 2.35. The second-order valence-electron chi connectivity index (χ2n) is 7.29. The molecule has 132 valence electrons. The molecule has 0 aliphatic heterocycles. The number of aldehydes is 1. The van der Waals surface area contributed by atoms with Crippen LogP contribution in [0.25, 0.3) is 0 Å². The van der Waals surface area contributed by atoms with Crippen molar-refractivity contribution in [2.75, 3.05) is 12.8 Å². The Hall–Kier alpha value is -0.710. The minimum atomic E-state index is -0.548. The third-order valence-electron chi connectivity index (χ3n) is 5.35. The molecule has 3 N–H and O–H groups in total. The van der Waals surface area contributed by atoms with E-state index < -0.39 is 5.54 Å². The summed E-state index contributed by atoms with van der Waals surface area (Å²) in [6.45, 7) is 0. The van der Waals surface area contributed by atoms with Gasteiger partial charge < -0.3 is 15.8 Å². The summed E-state index contributed by atoms with van der Waals surface area (Å²) in [7, 11) is 1.67. The molecule has 1 unspecified atom stereocenters. The van der Waals surface area contributed by atoms with Gasteiger partial charge >= 0.3 is 0 Å². The van der Waals surface area contributed by atoms with Crippen molar-refractivity contribution in [2.45, 2.75) is 81.4 Å². The number of carbonyl (C=O) groups is 1. The maximum absolute atomic E-state index is 12.0. The highest BCUT2D eigenvalue weighted by Gasteiger charge is 2.35. The molecule has 0 heterocycles. The van der Waals surface area contributed by atoms with Crippen LogP contribution in [0.4, 0.5) is 0 Å². The van der Waals surface area contributed by atoms with Gasteiger partial charge in [0, 0.05) is 18.1 Å². The van der Waals surface area contributed by atoms with Gasteiger partial charge in [-0.15, -0.1) is 0 Å². The summed E-state index contributed by atoms with van der Waals surface area (Å²) in [5, 5.41) is 3.96. The maximum atomic E-state index is 12.0. The largest absolute Gasteiger partial charge is 0.370 e. The standard InChI is InChI=1S/C18H33N3OS/c1-20-17(19)21-18(13-22,12-15-8-4-2-5-9-15)14-23-16-10-6-3-7-11-16/h13,15-16H,2-12,14H2,1H3,(H3,19,20,21). The molecule has 2 saturated carbocycles. The van der Waals surface area contributed by atoms with Gasteiger partial charge in [-0.05, 0) is 25.2 Å². The van der Waals surface area contributed by atoms with Crippen LogP contribution in [0.2, 0.25) is 0 Å². The van der Waals surface area contributed by atoms with Gasteiger partial charge in [0.05, 0.1) is 0 Å². The van der Waals surface area contributed by atoms with Crippen LogP contribution in [0, 0.1) is 5.92 Å². The summed E-state index contributed by atoms with van der Waals surface area (Å²) in [4.78, 5) is 16.1. The monoisotopic (exact) mass is 339 g/mol. The topological polar surface area (TPSA) is 67.5 Å². The van der Waals surface area contributed by atoms with Gasteiger partial charge in [0.2, 0.25) is 0 Å². The fraction of sp³-hybridized carbons (Fsp3) is 0.889. The van der Waals surface area contributed by atoms with Gasteiger partial charge in [-0.2, -0.15) is 11.8 Å². The highest BCUT2D eigenvalue weighted by molar-refractivity contribution is 8.00. The van der Waals surface area contributed by atoms with E-state index in [1.807, 2.05) is 11.8 Å². The van der Waals surface area contributed by atoms with Crippen molar-refractivity contribution in [1.82, 2.24) is 5.32 Å². The molecular formula is C18H33N3OS. The number of hydrogen-bond acceptors (Lipinski definition) is 3. The summed E-state index contributed by atoms with van der Waals surface area (Å²) in [6.07, 6.45) is 15.0. The van der Waals surface area contributed by atoms with Crippen molar-refractivity contribution >= 4 is 24.0 Å². The average Bonchev–Trinajstić information content (AvgIpc) is 2.61. The first kappa shape index (κ1) is 18.6. The molecular weight excluding hydrogens is 306 g/mol. The number of nitrogens with one attached hydrogen (secondary N) is 1. The zero-order valence-corrected chi connectivity index (χ0v) is 15.4. The van der Waals surface area contributed by atoms with Crippen LogP contribution < -0.4 is 11.1 Å². The van der Waals surface area contributed by atoms with E-state index in [0.717, 1.165) is 18.5 Å². The zero-order chi connectivity index (χ0) is 16.5. The smallest absolute Gasteiger partial charge is 0.189 e. The number of rotatable bonds is 7. The quantitative estimate of drug-likeness (QED) is 0.423. The van der Waals surface area contributed by atoms with Gasteiger partial charge in [0.15, 0.2) is 5.96 Å². The molecule has 2 aliphatic carbocycles. The molecule has 23 heavy (non-hydrogen) atoms. The van der Waals surface area contributed by atoms with Gasteiger partial charge in [-0.3, -0.25) is 4.99 Å². The van der Waals surface area contributed by atoms with E-state index >= 15 is 0 Å². The second-order valence-corrected chi connectivity index (χ2v) is 8.58. The van der Waals surface area contributed by atoms with E-state index in [2.05, 4.69) is 10.3 Å². The molecule has 0 radical (unpaired) electrons. The lowest BCUT2D eigenvalue weighted by Gasteiger charge is -2.36. The van der Waals surface area contributed by atoms with Crippen molar-refractivity contribution in [3.63, 3.8) is 0 Å². The lowest BCUT2D eigenvalue weighted by atomic mass is 9.80. The van der Waals surface area contributed by atoms with Crippen LogP contribution in [-0.4, -0.2) is 35.8 Å². The van der Waals surface area contributed by atoms with Gasteiger partial charge in [-0.25, -0.2) is 0 Å². The molecule has 2 fully saturated rings. The van der Waals surface area contributed by atoms with Crippen LogP contribution in [0.15, 0.2) is 4.99 Å². The molecule has 0 spiro atoms. The van der Waals surface area contributed by atoms with Crippen molar-refractivity contribution in [2.24, 2.45) is 16.6 Å². The Morgan fingerprint density at radius 3 is 2.35 bits per heavy atom. The molecule has 5 heteroatoms. The molecule has 0 amide bonds. The first-order valence-electron chi connectivity index (χ1n) is 9.26. The summed E-state index contributed by atoms with van der Waals surface area (Å²) in [5.41, 5.74) is 5.37. The Balaban J connectivity index is 1.99. The molecule has 2 aliphatic rings. The first-order valence-corrected chi connectivity index (χ1v) is 10.3. The predicted octanol–water partition coefficient (Wildman–Crippen LogP) is 3.49. The number of aliphatic imine (C=N–C) groups is 1. The minimum Gasteiger partial charge on any atom is -0.370 e. The summed E-state index contributed by atoms with van der Waals surface area (Å²) < 4.78 is 0. The normalized spacial score (nSPS) is 24.1. The summed E-state index contributed by atoms with van der Waals surface area (Å²) >= 11 is 1.97. The Morgan fingerprint density at radius 2 is 1.78 bits per heavy atom. The van der Waals surface area contributed by atoms with Crippen LogP contribution >= 0.6 is 11.8 Å². The fourth-order valence-corrected chi connectivity index (χ4v) is 5.43. The maximum Gasteiger partial charge on any atom is 0.189 e. The van der Waals surface area contributed by atoms with E-state index in [1.54, 1.807) is 7.05 Å². The molecule has 1 atom stereocenters.